The van der Waals surface area contributed by atoms with Crippen LogP contribution >= 0.6 is 0 Å². The molecule has 0 spiro atoms. The first-order valence-corrected chi connectivity index (χ1v) is 11.0. The van der Waals surface area contributed by atoms with Gasteiger partial charge in [0, 0.05) is 31.2 Å². The Labute approximate surface area is 205 Å². The third-order valence-electron chi connectivity index (χ3n) is 6.34. The summed E-state index contributed by atoms with van der Waals surface area (Å²) in [5, 5.41) is 24.0. The maximum atomic E-state index is 13.3. The average molecular weight is 510 g/mol. The summed E-state index contributed by atoms with van der Waals surface area (Å²) >= 11 is 0. The van der Waals surface area contributed by atoms with Crippen molar-refractivity contribution in [2.24, 2.45) is 15.4 Å². The summed E-state index contributed by atoms with van der Waals surface area (Å²) in [6, 6.07) is 8.74. The smallest absolute Gasteiger partial charge is 0.416 e. The van der Waals surface area contributed by atoms with Gasteiger partial charge in [0.15, 0.2) is 11.9 Å². The number of quaternary nitrogens is 1. The van der Waals surface area contributed by atoms with Gasteiger partial charge >= 0.3 is 6.18 Å². The Morgan fingerprint density at radius 2 is 1.86 bits per heavy atom. The number of nitrogens with zero attached hydrogens (tertiary/aromatic N) is 5. The molecule has 10 nitrogen and oxygen atoms in total. The molecule has 13 heteroatoms. The molecular weight excluding hydrogens is 481 g/mol. The number of anilines is 2. The number of hydrogen-bond acceptors (Lipinski definition) is 9. The molecule has 0 saturated heterocycles. The third kappa shape index (κ3) is 4.62. The van der Waals surface area contributed by atoms with Crippen LogP contribution in [0.2, 0.25) is 0 Å². The molecule has 194 valence electrons. The van der Waals surface area contributed by atoms with Crippen LogP contribution in [0.4, 0.5) is 24.5 Å². The largest absolute Gasteiger partial charge is 0.479 e. The van der Waals surface area contributed by atoms with Crippen LogP contribution in [0, 0.1) is 0 Å². The van der Waals surface area contributed by atoms with Gasteiger partial charge in [-0.1, -0.05) is 5.11 Å². The van der Waals surface area contributed by atoms with Crippen molar-refractivity contribution in [2.75, 3.05) is 38.6 Å². The van der Waals surface area contributed by atoms with Crippen molar-refractivity contribution in [1.82, 2.24) is 0 Å². The van der Waals surface area contributed by atoms with Gasteiger partial charge in [0.05, 0.1) is 16.8 Å². The van der Waals surface area contributed by atoms with Gasteiger partial charge in [-0.15, -0.1) is 0 Å². The van der Waals surface area contributed by atoms with E-state index in [1.165, 1.54) is 32.7 Å². The van der Waals surface area contributed by atoms with E-state index in [1.54, 1.807) is 37.1 Å². The Hall–Kier alpha value is -3.26. The fourth-order valence-electron chi connectivity index (χ4n) is 4.58. The predicted molar refractivity (Wildman–Crippen MR) is 125 cm³/mol. The number of rotatable bonds is 7. The minimum Gasteiger partial charge on any atom is -0.479 e. The van der Waals surface area contributed by atoms with Crippen molar-refractivity contribution < 1.29 is 37.2 Å². The Morgan fingerprint density at radius 1 is 1.19 bits per heavy atom. The van der Waals surface area contributed by atoms with E-state index in [2.05, 4.69) is 15.4 Å². The number of fused-ring (bicyclic) bond motifs is 1. The lowest BCUT2D eigenvalue weighted by Crippen LogP contribution is -2.63. The highest BCUT2D eigenvalue weighted by Gasteiger charge is 2.55. The molecule has 2 aromatic rings. The molecule has 0 fully saturated rings. The molecule has 4 atom stereocenters. The summed E-state index contributed by atoms with van der Waals surface area (Å²) in [7, 11) is 4.51. The Kier molecular flexibility index (Phi) is 6.68. The van der Waals surface area contributed by atoms with Gasteiger partial charge in [-0.25, -0.2) is 0 Å². The molecule has 1 unspecified atom stereocenters. The van der Waals surface area contributed by atoms with Crippen molar-refractivity contribution in [3.63, 3.8) is 0 Å². The highest BCUT2D eigenvalue weighted by molar-refractivity contribution is 5.57. The van der Waals surface area contributed by atoms with Crippen LogP contribution in [0.5, 0.6) is 5.75 Å². The number of nitrogens with two attached hydrogens (primary N) is 1. The Morgan fingerprint density at radius 3 is 2.42 bits per heavy atom. The molecule has 0 amide bonds. The van der Waals surface area contributed by atoms with Crippen LogP contribution < -0.4 is 15.4 Å². The maximum absolute atomic E-state index is 13.3. The first-order valence-electron chi connectivity index (χ1n) is 11.0. The number of aliphatic hydroxyl groups excluding tert-OH is 1. The van der Waals surface area contributed by atoms with Crippen LogP contribution in [0.25, 0.3) is 0 Å². The number of methoxy groups -OCH3 is 2. The van der Waals surface area contributed by atoms with Crippen LogP contribution in [-0.4, -0.2) is 62.1 Å². The van der Waals surface area contributed by atoms with Gasteiger partial charge in [0.25, 0.3) is 0 Å². The molecule has 0 aliphatic carbocycles. The summed E-state index contributed by atoms with van der Waals surface area (Å²) in [5.41, 5.74) is 5.19. The molecule has 4 rings (SSSR count). The lowest BCUT2D eigenvalue weighted by atomic mass is 9.83. The second-order valence-electron chi connectivity index (χ2n) is 8.96. The van der Waals surface area contributed by atoms with Crippen molar-refractivity contribution >= 4 is 17.7 Å². The minimum atomic E-state index is -4.50. The number of hydrogen-bond donors (Lipinski definition) is 2. The van der Waals surface area contributed by atoms with Gasteiger partial charge in [-0.2, -0.15) is 13.2 Å². The van der Waals surface area contributed by atoms with Crippen LogP contribution in [0.1, 0.15) is 24.1 Å². The molecule has 2 aliphatic rings. The monoisotopic (exact) mass is 509 g/mol. The van der Waals surface area contributed by atoms with Crippen molar-refractivity contribution in [2.45, 2.75) is 37.1 Å². The average Bonchev–Trinajstić information content (AvgIpc) is 3.26. The van der Waals surface area contributed by atoms with Crippen LogP contribution in [-0.2, 0) is 15.7 Å². The maximum Gasteiger partial charge on any atom is 0.416 e. The lowest BCUT2D eigenvalue weighted by molar-refractivity contribution is -0.923. The molecule has 0 bridgehead atoms. The molecule has 3 N–H and O–H groups in total. The Balaban J connectivity index is 1.89. The second-order valence-corrected chi connectivity index (χ2v) is 8.96. The van der Waals surface area contributed by atoms with Crippen molar-refractivity contribution in [1.29, 1.82) is 0 Å². The zero-order valence-corrected chi connectivity index (χ0v) is 20.2. The lowest BCUT2D eigenvalue weighted by Gasteiger charge is -2.50. The molecule has 2 heterocycles. The summed E-state index contributed by atoms with van der Waals surface area (Å²) in [4.78, 5) is 1.70. The number of benzene rings is 2. The van der Waals surface area contributed by atoms with E-state index in [9.17, 15) is 18.3 Å². The van der Waals surface area contributed by atoms with E-state index in [0.717, 1.165) is 12.1 Å². The highest BCUT2D eigenvalue weighted by atomic mass is 19.4. The fourth-order valence-corrected chi connectivity index (χ4v) is 4.58. The van der Waals surface area contributed by atoms with E-state index < -0.39 is 35.8 Å². The standard InChI is InChI=1S/C23H28F3N6O4/c1-22(21(34-3)35-4)20(33)19(17-11-15(27)7-10-18(17)36-22)31(13-32(2)29-12-28-30-32)16-8-5-14(6-9-16)23(24,25)26/h5-12,19-21,33H,13,27H2,1-4H3/q+1/t19-,20+,22-,32?/m1/s1. The zero-order valence-electron chi connectivity index (χ0n) is 20.2. The number of aliphatic hydroxyl groups is 1. The Bertz CT molecular complexity index is 1140. The fraction of sp³-hybridized carbons (Fsp3) is 0.435. The summed E-state index contributed by atoms with van der Waals surface area (Å²) in [6.07, 6.45) is -5.50. The van der Waals surface area contributed by atoms with Crippen LogP contribution in [0.15, 0.2) is 57.9 Å². The molecule has 2 aromatic carbocycles. The molecule has 2 aliphatic heterocycles. The van der Waals surface area contributed by atoms with Crippen LogP contribution in [0.3, 0.4) is 0 Å². The number of nitrogen functional groups attached to an aromatic ring is 1. The van der Waals surface area contributed by atoms with E-state index in [-0.39, 0.29) is 11.4 Å². The summed E-state index contributed by atoms with van der Waals surface area (Å²) < 4.78 is 56.7. The zero-order chi connectivity index (χ0) is 26.3. The second kappa shape index (κ2) is 9.32. The topological polar surface area (TPSA) is 114 Å². The van der Waals surface area contributed by atoms with Crippen molar-refractivity contribution in [3.8, 4) is 5.75 Å². The van der Waals surface area contributed by atoms with Gasteiger partial charge in [-0.3, -0.25) is 0 Å². The van der Waals surface area contributed by atoms with E-state index in [4.69, 9.17) is 19.9 Å². The molecular formula is C23H28F3N6O4+. The highest BCUT2D eigenvalue weighted by Crippen LogP contribution is 2.47. The van der Waals surface area contributed by atoms with Crippen molar-refractivity contribution in [3.05, 3.63) is 53.6 Å². The first-order chi connectivity index (χ1) is 16.9. The molecule has 0 saturated carbocycles. The molecule has 36 heavy (non-hydrogen) atoms. The van der Waals surface area contributed by atoms with Gasteiger partial charge in [0.2, 0.25) is 13.0 Å². The van der Waals surface area contributed by atoms with E-state index >= 15 is 0 Å². The number of ether oxygens (including phenoxy) is 3. The molecule has 0 radical (unpaired) electrons. The third-order valence-corrected chi connectivity index (χ3v) is 6.34. The van der Waals surface area contributed by atoms with Gasteiger partial charge in [-0.05, 0) is 59.2 Å². The quantitative estimate of drug-likeness (QED) is 0.334. The van der Waals surface area contributed by atoms with Gasteiger partial charge in [0.1, 0.15) is 18.9 Å². The minimum absolute atomic E-state index is 0.0159. The van der Waals surface area contributed by atoms with E-state index in [0.29, 0.717) is 22.7 Å². The predicted octanol–water partition coefficient (Wildman–Crippen LogP) is 3.69. The van der Waals surface area contributed by atoms with E-state index in [1.807, 2.05) is 0 Å². The SMILES string of the molecule is COC(OC)[C@]1(C)Oc2ccc(N)cc2[C@@H](N(C[N+]2(C)N=CN=N2)c2ccc(C(F)(F)F)cc2)[C@@H]1O. The number of alkyl halides is 3. The normalized spacial score (nSPS) is 27.2. The van der Waals surface area contributed by atoms with Gasteiger partial charge < -0.3 is 30.0 Å². The summed E-state index contributed by atoms with van der Waals surface area (Å²) in [5.74, 6) is 0.409. The summed E-state index contributed by atoms with van der Waals surface area (Å²) in [6.45, 7) is 1.65. The first kappa shape index (κ1) is 25.8. The number of halogens is 3. The molecule has 0 aromatic heterocycles.